The number of aromatic nitrogens is 2. The summed E-state index contributed by atoms with van der Waals surface area (Å²) in [7, 11) is 0. The first-order valence-electron chi connectivity index (χ1n) is 29.6. The molecule has 12 nitrogen and oxygen atoms in total. The van der Waals surface area contributed by atoms with Gasteiger partial charge < -0.3 is 18.3 Å². The van der Waals surface area contributed by atoms with E-state index in [0.29, 0.717) is 124 Å². The van der Waals surface area contributed by atoms with Gasteiger partial charge in [0.05, 0.1) is 57.5 Å². The number of hydrogen-bond donors (Lipinski definition) is 0. The lowest BCUT2D eigenvalue weighted by Gasteiger charge is -2.67. The maximum absolute atomic E-state index is 14.3. The van der Waals surface area contributed by atoms with Crippen molar-refractivity contribution in [2.24, 2.45) is 23.7 Å². The Morgan fingerprint density at radius 2 is 0.731 bits per heavy atom. The van der Waals surface area contributed by atoms with E-state index in [0.717, 1.165) is 51.4 Å². The zero-order valence-electron chi connectivity index (χ0n) is 43.7. The van der Waals surface area contributed by atoms with E-state index in [4.69, 9.17) is 9.47 Å². The monoisotopic (exact) mass is 1040 g/mol. The van der Waals surface area contributed by atoms with Crippen molar-refractivity contribution in [2.45, 2.75) is 163 Å². The van der Waals surface area contributed by atoms with E-state index in [1.54, 1.807) is 54.6 Å². The molecule has 0 spiro atoms. The first-order chi connectivity index (χ1) is 38.2. The summed E-state index contributed by atoms with van der Waals surface area (Å²) < 4.78 is 17.6. The number of carbonyl (C=O) groups is 2. The van der Waals surface area contributed by atoms with Gasteiger partial charge in [0.1, 0.15) is 11.6 Å². The molecule has 14 atom stereocenters. The molecular weight excluding hydrogens is 977 g/mol. The third-order valence-corrected chi connectivity index (χ3v) is 21.6. The van der Waals surface area contributed by atoms with Gasteiger partial charge in [0, 0.05) is 103 Å². The van der Waals surface area contributed by atoms with Crippen LogP contribution in [0.5, 0.6) is 0 Å². The number of Topliss-reactive ketones (excluding diaryl/α,β-unsaturated/α-hetero) is 2. The second-order valence-corrected chi connectivity index (χ2v) is 25.0. The van der Waals surface area contributed by atoms with Gasteiger partial charge in [-0.1, -0.05) is 74.9 Å². The Morgan fingerprint density at radius 3 is 1.19 bits per heavy atom. The molecule has 5 aliphatic carbocycles. The molecule has 4 aromatic heterocycles. The number of carbonyl (C=O) groups excluding carboxylic acids is 2. The van der Waals surface area contributed by atoms with Gasteiger partial charge in [-0.15, -0.1) is 0 Å². The summed E-state index contributed by atoms with van der Waals surface area (Å²) in [5.74, 6) is 1.38. The Kier molecular flexibility index (Phi) is 10.2. The van der Waals surface area contributed by atoms with Gasteiger partial charge in [-0.2, -0.15) is 0 Å². The molecule has 0 amide bonds. The Hall–Kier alpha value is -6.44. The number of nitrogens with zero attached hydrogens (tertiary/aromatic N) is 4. The average Bonchev–Trinajstić information content (AvgIpc) is 3.60. The molecule has 12 heteroatoms. The van der Waals surface area contributed by atoms with Gasteiger partial charge >= 0.3 is 0 Å². The number of hydrogen-bond acceptors (Lipinski definition) is 10. The summed E-state index contributed by atoms with van der Waals surface area (Å²) in [4.78, 5) is 89.2. The standard InChI is InChI=1S/C34H16N2O4.C32H46N2O4/c37-31-17-7-1-3-13-25(17)35-27-16-28-24(15-23(27)33(39)21-11-5-9-19(31)29(21)35)34(40)22-12-6-10-20-30(22)36(28)26-14-4-2-8-18(26)32(20)38;35-31-17-7-5-13-27-29(17)33(21-9-1-3-11-25(21)37-27)23-16-24-20(15-19(23)31)32(36)18-8-6-14-28-30(18)34(24)22-10-2-4-12-26(22)38-28/h1-16H;17-30H,1-16H2. The van der Waals surface area contributed by atoms with Gasteiger partial charge in [0.15, 0.2) is 21.7 Å². The SMILES string of the molecule is O=C1C2CC3C(=O)C4CCCC5OC6CCCCC6N(C3CC2N2C3CCCCC3OC3CCCC1C32)C54.O=c1c2ccccc2n2c3cc4c(cc3c(=O)c3cccc1c32)c(=O)c1cccc2c(=O)c3ccccc3n4c21. The topological polar surface area (TPSA) is 136 Å². The van der Waals surface area contributed by atoms with Crippen LogP contribution >= 0.6 is 0 Å². The van der Waals surface area contributed by atoms with Gasteiger partial charge in [-0.25, -0.2) is 0 Å². The lowest BCUT2D eigenvalue weighted by Crippen LogP contribution is -2.78. The van der Waals surface area contributed by atoms with Crippen molar-refractivity contribution in [3.05, 3.63) is 138 Å². The number of ketones is 2. The molecule has 394 valence electrons. The van der Waals surface area contributed by atoms with Crippen LogP contribution in [0.2, 0.25) is 0 Å². The molecule has 78 heavy (non-hydrogen) atoms. The second-order valence-electron chi connectivity index (χ2n) is 25.0. The number of pyridine rings is 4. The molecule has 9 aliphatic rings. The summed E-state index contributed by atoms with van der Waals surface area (Å²) >= 11 is 0. The summed E-state index contributed by atoms with van der Waals surface area (Å²) in [5, 5.41) is 3.64. The first-order valence-corrected chi connectivity index (χ1v) is 29.6. The maximum atomic E-state index is 14.3. The van der Waals surface area contributed by atoms with E-state index < -0.39 is 0 Å². The quantitative estimate of drug-likeness (QED) is 0.107. The van der Waals surface area contributed by atoms with Crippen molar-refractivity contribution in [1.82, 2.24) is 18.6 Å². The molecule has 5 aromatic carbocycles. The molecule has 4 saturated heterocycles. The van der Waals surface area contributed by atoms with Crippen LogP contribution in [0, 0.1) is 23.7 Å². The number of fused-ring (bicyclic) bond motifs is 16. The molecule has 18 rings (SSSR count). The van der Waals surface area contributed by atoms with Crippen LogP contribution in [-0.2, 0) is 19.1 Å². The van der Waals surface area contributed by atoms with Gasteiger partial charge in [-0.3, -0.25) is 38.6 Å². The predicted octanol–water partition coefficient (Wildman–Crippen LogP) is 9.70. The van der Waals surface area contributed by atoms with Crippen LogP contribution < -0.4 is 21.7 Å². The van der Waals surface area contributed by atoms with Crippen molar-refractivity contribution in [3.63, 3.8) is 0 Å². The fraction of sp³-hybridized carbons (Fsp3) is 0.455. The third kappa shape index (κ3) is 6.20. The fourth-order valence-corrected chi connectivity index (χ4v) is 18.6. The minimum absolute atomic E-state index is 0.0556. The number of rotatable bonds is 0. The van der Waals surface area contributed by atoms with E-state index in [1.165, 1.54) is 51.4 Å². The molecule has 0 N–H and O–H groups in total. The maximum Gasteiger partial charge on any atom is 0.197 e. The van der Waals surface area contributed by atoms with Crippen LogP contribution in [0.1, 0.15) is 103 Å². The van der Waals surface area contributed by atoms with Crippen molar-refractivity contribution in [2.75, 3.05) is 0 Å². The molecule has 9 aromatic rings. The largest absolute Gasteiger partial charge is 0.372 e. The van der Waals surface area contributed by atoms with Crippen molar-refractivity contribution in [1.29, 1.82) is 0 Å². The van der Waals surface area contributed by atoms with Gasteiger partial charge in [-0.05, 0) is 125 Å². The summed E-state index contributed by atoms with van der Waals surface area (Å²) in [5.41, 5.74) is 2.92. The highest BCUT2D eigenvalue weighted by Gasteiger charge is 2.65. The Balaban J connectivity index is 0.000000126. The highest BCUT2D eigenvalue weighted by atomic mass is 16.5. The van der Waals surface area contributed by atoms with E-state index in [2.05, 4.69) is 9.80 Å². The van der Waals surface area contributed by atoms with E-state index in [1.807, 2.05) is 51.3 Å². The minimum Gasteiger partial charge on any atom is -0.372 e. The van der Waals surface area contributed by atoms with Gasteiger partial charge in [0.25, 0.3) is 0 Å². The summed E-state index contributed by atoms with van der Waals surface area (Å²) in [6.07, 6.45) is 19.5. The second kappa shape index (κ2) is 17.0. The van der Waals surface area contributed by atoms with Crippen LogP contribution in [0.3, 0.4) is 0 Å². The Bertz CT molecular complexity index is 4050. The van der Waals surface area contributed by atoms with Crippen LogP contribution in [0.25, 0.3) is 76.2 Å². The predicted molar refractivity (Wildman–Crippen MR) is 302 cm³/mol. The molecule has 0 radical (unpaired) electrons. The number of ether oxygens (including phenoxy) is 2. The van der Waals surface area contributed by atoms with Gasteiger partial charge in [0.2, 0.25) is 0 Å². The highest BCUT2D eigenvalue weighted by Crippen LogP contribution is 2.56. The molecule has 8 heterocycles. The lowest BCUT2D eigenvalue weighted by atomic mass is 9.57. The van der Waals surface area contributed by atoms with Crippen molar-refractivity contribution in [3.8, 4) is 0 Å². The summed E-state index contributed by atoms with van der Waals surface area (Å²) in [6, 6.07) is 30.8. The Labute approximate surface area is 448 Å². The lowest BCUT2D eigenvalue weighted by molar-refractivity contribution is -0.243. The average molecular weight is 1040 g/mol. The van der Waals surface area contributed by atoms with Crippen LogP contribution in [-0.4, -0.2) is 90.8 Å². The Morgan fingerprint density at radius 1 is 0.333 bits per heavy atom. The third-order valence-electron chi connectivity index (χ3n) is 21.6. The number of benzene rings is 5. The fourth-order valence-electron chi connectivity index (χ4n) is 18.6. The number of para-hydroxylation sites is 4. The van der Waals surface area contributed by atoms with E-state index in [-0.39, 0.29) is 69.7 Å². The molecule has 0 bridgehead atoms. The smallest absolute Gasteiger partial charge is 0.197 e. The van der Waals surface area contributed by atoms with E-state index in [9.17, 15) is 28.8 Å². The first kappa shape index (κ1) is 46.5. The molecule has 4 aliphatic heterocycles. The normalized spacial score (nSPS) is 33.6. The summed E-state index contributed by atoms with van der Waals surface area (Å²) in [6.45, 7) is 0. The van der Waals surface area contributed by atoms with Crippen LogP contribution in [0.4, 0.5) is 0 Å². The minimum atomic E-state index is -0.236. The van der Waals surface area contributed by atoms with Crippen molar-refractivity contribution >= 4 is 87.8 Å². The van der Waals surface area contributed by atoms with Crippen LogP contribution in [0.15, 0.2) is 116 Å². The molecule has 9 fully saturated rings. The zero-order chi connectivity index (χ0) is 52.0. The van der Waals surface area contributed by atoms with E-state index >= 15 is 0 Å². The van der Waals surface area contributed by atoms with Crippen molar-refractivity contribution < 1.29 is 19.1 Å². The highest BCUT2D eigenvalue weighted by molar-refractivity contribution is 6.13. The molecular formula is C66H62N4O8. The molecule has 5 saturated carbocycles. The zero-order valence-corrected chi connectivity index (χ0v) is 43.7. The molecule has 14 unspecified atom stereocenters. The number of morpholine rings is 2. The number of piperidine rings is 2.